The lowest BCUT2D eigenvalue weighted by atomic mass is 10.1. The van der Waals surface area contributed by atoms with E-state index >= 15 is 0 Å². The van der Waals surface area contributed by atoms with Gasteiger partial charge in [0.15, 0.2) is 0 Å². The highest BCUT2D eigenvalue weighted by atomic mass is 19.1. The number of likely N-dealkylation sites (tertiary alicyclic amines) is 1. The monoisotopic (exact) mass is 381 g/mol. The van der Waals surface area contributed by atoms with Gasteiger partial charge in [0.2, 0.25) is 0 Å². The Kier molecular flexibility index (Phi) is 5.28. The number of anilines is 1. The molecule has 0 bridgehead atoms. The Morgan fingerprint density at radius 1 is 0.714 bits per heavy atom. The number of hydrogen-bond donors (Lipinski definition) is 0. The van der Waals surface area contributed by atoms with E-state index in [1.165, 1.54) is 6.07 Å². The Hall–Kier alpha value is -2.89. The predicted octanol–water partition coefficient (Wildman–Crippen LogP) is 3.02. The molecule has 0 spiro atoms. The van der Waals surface area contributed by atoms with Crippen LogP contribution in [0.25, 0.3) is 0 Å². The van der Waals surface area contributed by atoms with E-state index < -0.39 is 0 Å². The molecule has 0 aromatic heterocycles. The summed E-state index contributed by atoms with van der Waals surface area (Å²) in [6.45, 7) is 3.79. The summed E-state index contributed by atoms with van der Waals surface area (Å²) in [6.07, 6.45) is 2.08. The molecule has 0 atom stereocenters. The van der Waals surface area contributed by atoms with Gasteiger partial charge in [0.1, 0.15) is 5.82 Å². The van der Waals surface area contributed by atoms with Gasteiger partial charge in [0, 0.05) is 50.4 Å². The molecule has 2 aromatic carbocycles. The van der Waals surface area contributed by atoms with Crippen LogP contribution in [0.3, 0.4) is 0 Å². The fraction of sp³-hybridized carbons (Fsp3) is 0.364. The van der Waals surface area contributed by atoms with Crippen LogP contribution in [0.15, 0.2) is 48.5 Å². The molecule has 2 amide bonds. The highest BCUT2D eigenvalue weighted by Crippen LogP contribution is 2.21. The first kappa shape index (κ1) is 18.5. The van der Waals surface area contributed by atoms with Gasteiger partial charge in [0.05, 0.1) is 5.69 Å². The second-order valence-corrected chi connectivity index (χ2v) is 7.31. The summed E-state index contributed by atoms with van der Waals surface area (Å²) in [4.78, 5) is 31.1. The number of halogens is 1. The number of rotatable bonds is 3. The van der Waals surface area contributed by atoms with Gasteiger partial charge in [-0.1, -0.05) is 18.2 Å². The molecule has 2 fully saturated rings. The van der Waals surface area contributed by atoms with E-state index in [0.29, 0.717) is 43.0 Å². The first-order chi connectivity index (χ1) is 13.6. The Balaban J connectivity index is 1.42. The van der Waals surface area contributed by atoms with Crippen molar-refractivity contribution in [1.82, 2.24) is 9.80 Å². The van der Waals surface area contributed by atoms with E-state index in [-0.39, 0.29) is 17.6 Å². The molecule has 28 heavy (non-hydrogen) atoms. The number of carbonyl (C=O) groups excluding carboxylic acids is 2. The zero-order valence-electron chi connectivity index (χ0n) is 15.8. The van der Waals surface area contributed by atoms with E-state index in [9.17, 15) is 14.0 Å². The zero-order valence-corrected chi connectivity index (χ0v) is 15.8. The van der Waals surface area contributed by atoms with Crippen LogP contribution in [0.1, 0.15) is 33.6 Å². The Morgan fingerprint density at radius 3 is 1.89 bits per heavy atom. The third-order valence-corrected chi connectivity index (χ3v) is 5.51. The standard InChI is InChI=1S/C22H24FN3O2/c23-19-8-1-2-9-20(19)24-12-14-26(15-13-24)22(28)18-7-5-6-17(16-18)21(27)25-10-3-4-11-25/h1-2,5-9,16H,3-4,10-15H2. The lowest BCUT2D eigenvalue weighted by Gasteiger charge is -2.36. The number of benzene rings is 2. The lowest BCUT2D eigenvalue weighted by Crippen LogP contribution is -2.49. The van der Waals surface area contributed by atoms with Crippen LogP contribution >= 0.6 is 0 Å². The van der Waals surface area contributed by atoms with Crippen LogP contribution in [0.2, 0.25) is 0 Å². The van der Waals surface area contributed by atoms with Gasteiger partial charge < -0.3 is 14.7 Å². The van der Waals surface area contributed by atoms with Gasteiger partial charge in [0.25, 0.3) is 11.8 Å². The highest BCUT2D eigenvalue weighted by molar-refractivity contribution is 5.99. The molecule has 0 aliphatic carbocycles. The van der Waals surface area contributed by atoms with E-state index in [2.05, 4.69) is 0 Å². The van der Waals surface area contributed by atoms with Crippen molar-refractivity contribution in [3.8, 4) is 0 Å². The smallest absolute Gasteiger partial charge is 0.253 e. The number of piperazine rings is 1. The zero-order chi connectivity index (χ0) is 19.5. The van der Waals surface area contributed by atoms with Crippen LogP contribution in [0.5, 0.6) is 0 Å². The van der Waals surface area contributed by atoms with Gasteiger partial charge in [-0.15, -0.1) is 0 Å². The number of amides is 2. The first-order valence-electron chi connectivity index (χ1n) is 9.81. The largest absolute Gasteiger partial charge is 0.366 e. The minimum absolute atomic E-state index is 0.00322. The number of para-hydroxylation sites is 1. The maximum Gasteiger partial charge on any atom is 0.253 e. The van der Waals surface area contributed by atoms with Crippen molar-refractivity contribution < 1.29 is 14.0 Å². The van der Waals surface area contributed by atoms with Crippen molar-refractivity contribution in [1.29, 1.82) is 0 Å². The van der Waals surface area contributed by atoms with Crippen LogP contribution < -0.4 is 4.90 Å². The molecule has 0 N–H and O–H groups in total. The molecule has 0 saturated carbocycles. The SMILES string of the molecule is O=C(c1cccc(C(=O)N2CCN(c3ccccc3F)CC2)c1)N1CCCC1. The summed E-state index contributed by atoms with van der Waals surface area (Å²) in [7, 11) is 0. The van der Waals surface area contributed by atoms with Gasteiger partial charge in [-0.25, -0.2) is 4.39 Å². The minimum atomic E-state index is -0.240. The van der Waals surface area contributed by atoms with Gasteiger partial charge in [-0.3, -0.25) is 9.59 Å². The maximum absolute atomic E-state index is 14.0. The second kappa shape index (κ2) is 8.00. The molecule has 0 radical (unpaired) electrons. The maximum atomic E-state index is 14.0. The van der Waals surface area contributed by atoms with Crippen LogP contribution in [-0.2, 0) is 0 Å². The number of hydrogen-bond acceptors (Lipinski definition) is 3. The lowest BCUT2D eigenvalue weighted by molar-refractivity contribution is 0.0746. The Morgan fingerprint density at radius 2 is 1.29 bits per heavy atom. The van der Waals surface area contributed by atoms with E-state index in [1.54, 1.807) is 41.3 Å². The number of nitrogens with zero attached hydrogens (tertiary/aromatic N) is 3. The van der Waals surface area contributed by atoms with Crippen molar-refractivity contribution in [3.63, 3.8) is 0 Å². The normalized spacial score (nSPS) is 17.1. The fourth-order valence-corrected chi connectivity index (χ4v) is 3.93. The molecular weight excluding hydrogens is 357 g/mol. The van der Waals surface area contributed by atoms with E-state index in [0.717, 1.165) is 25.9 Å². The summed E-state index contributed by atoms with van der Waals surface area (Å²) in [5, 5.41) is 0. The summed E-state index contributed by atoms with van der Waals surface area (Å²) in [5.74, 6) is -0.323. The first-order valence-corrected chi connectivity index (χ1v) is 9.81. The van der Waals surface area contributed by atoms with Crippen LogP contribution in [0, 0.1) is 5.82 Å². The molecule has 0 unspecified atom stereocenters. The average molecular weight is 381 g/mol. The fourth-order valence-electron chi connectivity index (χ4n) is 3.93. The molecule has 2 aliphatic heterocycles. The molecule has 6 heteroatoms. The second-order valence-electron chi connectivity index (χ2n) is 7.31. The molecule has 2 saturated heterocycles. The van der Waals surface area contributed by atoms with E-state index in [4.69, 9.17) is 0 Å². The molecule has 2 aromatic rings. The Labute approximate surface area is 164 Å². The van der Waals surface area contributed by atoms with Crippen molar-refractivity contribution in [2.75, 3.05) is 44.2 Å². The van der Waals surface area contributed by atoms with Crippen molar-refractivity contribution in [2.24, 2.45) is 0 Å². The average Bonchev–Trinajstić information content (AvgIpc) is 3.28. The minimum Gasteiger partial charge on any atom is -0.366 e. The molecule has 146 valence electrons. The van der Waals surface area contributed by atoms with Gasteiger partial charge in [-0.05, 0) is 43.2 Å². The van der Waals surface area contributed by atoms with Crippen molar-refractivity contribution in [2.45, 2.75) is 12.8 Å². The summed E-state index contributed by atoms with van der Waals surface area (Å²) in [6, 6.07) is 13.7. The Bertz CT molecular complexity index is 872. The highest BCUT2D eigenvalue weighted by Gasteiger charge is 2.25. The summed E-state index contributed by atoms with van der Waals surface area (Å²) in [5.41, 5.74) is 1.68. The summed E-state index contributed by atoms with van der Waals surface area (Å²) < 4.78 is 14.0. The topological polar surface area (TPSA) is 43.9 Å². The van der Waals surface area contributed by atoms with Crippen molar-refractivity contribution >= 4 is 17.5 Å². The molecule has 5 nitrogen and oxygen atoms in total. The quantitative estimate of drug-likeness (QED) is 0.821. The third kappa shape index (κ3) is 3.72. The summed E-state index contributed by atoms with van der Waals surface area (Å²) >= 11 is 0. The molecular formula is C22H24FN3O2. The van der Waals surface area contributed by atoms with Crippen molar-refractivity contribution in [3.05, 3.63) is 65.5 Å². The predicted molar refractivity (Wildman–Crippen MR) is 106 cm³/mol. The molecule has 2 heterocycles. The van der Waals surface area contributed by atoms with Gasteiger partial charge >= 0.3 is 0 Å². The number of carbonyl (C=O) groups is 2. The van der Waals surface area contributed by atoms with Crippen LogP contribution in [-0.4, -0.2) is 60.9 Å². The van der Waals surface area contributed by atoms with E-state index in [1.807, 2.05) is 15.9 Å². The van der Waals surface area contributed by atoms with Gasteiger partial charge in [-0.2, -0.15) is 0 Å². The molecule has 4 rings (SSSR count). The van der Waals surface area contributed by atoms with Crippen LogP contribution in [0.4, 0.5) is 10.1 Å². The molecule has 2 aliphatic rings. The third-order valence-electron chi connectivity index (χ3n) is 5.51.